The van der Waals surface area contributed by atoms with Crippen molar-refractivity contribution in [2.24, 2.45) is 5.73 Å². The lowest BCUT2D eigenvalue weighted by atomic mass is 9.95. The van der Waals surface area contributed by atoms with Crippen molar-refractivity contribution in [2.45, 2.75) is 45.6 Å². The minimum absolute atomic E-state index is 0.0399. The highest BCUT2D eigenvalue weighted by Crippen LogP contribution is 2.13. The van der Waals surface area contributed by atoms with Gasteiger partial charge in [-0.15, -0.1) is 0 Å². The van der Waals surface area contributed by atoms with Gasteiger partial charge in [0.1, 0.15) is 0 Å². The minimum Gasteiger partial charge on any atom is -0.481 e. The molecule has 1 unspecified atom stereocenters. The maximum atomic E-state index is 12.0. The molecule has 0 aromatic heterocycles. The van der Waals surface area contributed by atoms with Gasteiger partial charge in [0.05, 0.1) is 12.0 Å². The van der Waals surface area contributed by atoms with Gasteiger partial charge in [0.2, 0.25) is 5.91 Å². The van der Waals surface area contributed by atoms with Gasteiger partial charge < -0.3 is 15.7 Å². The highest BCUT2D eigenvalue weighted by molar-refractivity contribution is 5.86. The van der Waals surface area contributed by atoms with Crippen molar-refractivity contribution in [1.82, 2.24) is 4.90 Å². The number of nitrogens with two attached hydrogens (primary N) is 1. The standard InChI is InChI=1S/C11H22N2O3/c1-4-7-11(3,12)10(16)13(5-2)8-6-9(14)15/h4-8,12H2,1-3H3,(H,14,15). The molecule has 3 N–H and O–H groups in total. The molecule has 0 spiro atoms. The van der Waals surface area contributed by atoms with Crippen LogP contribution in [0, 0.1) is 0 Å². The Kier molecular flexibility index (Phi) is 6.03. The van der Waals surface area contributed by atoms with Crippen LogP contribution >= 0.6 is 0 Å². The number of amides is 1. The van der Waals surface area contributed by atoms with E-state index in [9.17, 15) is 9.59 Å². The first-order valence-corrected chi connectivity index (χ1v) is 5.65. The summed E-state index contributed by atoms with van der Waals surface area (Å²) in [5, 5.41) is 8.58. The molecular weight excluding hydrogens is 208 g/mol. The average molecular weight is 230 g/mol. The number of carboxylic acid groups (broad SMARTS) is 1. The maximum absolute atomic E-state index is 12.0. The highest BCUT2D eigenvalue weighted by atomic mass is 16.4. The molecule has 0 aromatic rings. The quantitative estimate of drug-likeness (QED) is 0.678. The number of rotatable bonds is 7. The van der Waals surface area contributed by atoms with Crippen LogP contribution in [0.1, 0.15) is 40.0 Å². The zero-order chi connectivity index (χ0) is 12.8. The van der Waals surface area contributed by atoms with E-state index in [0.717, 1.165) is 6.42 Å². The SMILES string of the molecule is CCCC(C)(N)C(=O)N(CC)CCC(=O)O. The molecule has 1 atom stereocenters. The maximum Gasteiger partial charge on any atom is 0.305 e. The number of hydrogen-bond donors (Lipinski definition) is 2. The monoisotopic (exact) mass is 230 g/mol. The molecule has 94 valence electrons. The molecule has 0 fully saturated rings. The Morgan fingerprint density at radius 2 is 1.94 bits per heavy atom. The van der Waals surface area contributed by atoms with Crippen molar-refractivity contribution in [1.29, 1.82) is 0 Å². The van der Waals surface area contributed by atoms with E-state index in [0.29, 0.717) is 13.0 Å². The fraction of sp³-hybridized carbons (Fsp3) is 0.818. The first-order chi connectivity index (χ1) is 7.35. The molecule has 5 heteroatoms. The Morgan fingerprint density at radius 3 is 2.31 bits per heavy atom. The average Bonchev–Trinajstić information content (AvgIpc) is 2.17. The van der Waals surface area contributed by atoms with Crippen LogP contribution in [0.15, 0.2) is 0 Å². The van der Waals surface area contributed by atoms with Crippen LogP contribution in [-0.4, -0.2) is 40.5 Å². The van der Waals surface area contributed by atoms with Gasteiger partial charge in [-0.2, -0.15) is 0 Å². The molecule has 0 saturated carbocycles. The van der Waals surface area contributed by atoms with E-state index in [1.165, 1.54) is 4.90 Å². The van der Waals surface area contributed by atoms with Crippen molar-refractivity contribution in [3.63, 3.8) is 0 Å². The first kappa shape index (κ1) is 14.9. The molecule has 16 heavy (non-hydrogen) atoms. The van der Waals surface area contributed by atoms with Gasteiger partial charge in [-0.1, -0.05) is 13.3 Å². The Labute approximate surface area is 96.6 Å². The second-order valence-electron chi connectivity index (χ2n) is 4.20. The number of aliphatic carboxylic acids is 1. The van der Waals surface area contributed by atoms with Crippen LogP contribution in [0.3, 0.4) is 0 Å². The molecule has 0 rings (SSSR count). The van der Waals surface area contributed by atoms with Gasteiger partial charge in [-0.25, -0.2) is 0 Å². The first-order valence-electron chi connectivity index (χ1n) is 5.65. The Morgan fingerprint density at radius 1 is 1.38 bits per heavy atom. The molecule has 1 amide bonds. The molecule has 0 saturated heterocycles. The lowest BCUT2D eigenvalue weighted by Gasteiger charge is -2.30. The van der Waals surface area contributed by atoms with Crippen molar-refractivity contribution in [3.05, 3.63) is 0 Å². The molecule has 5 nitrogen and oxygen atoms in total. The summed E-state index contributed by atoms with van der Waals surface area (Å²) < 4.78 is 0. The predicted octanol–water partition coefficient (Wildman–Crippen LogP) is 0.827. The van der Waals surface area contributed by atoms with Crippen LogP contribution < -0.4 is 5.73 Å². The van der Waals surface area contributed by atoms with Crippen molar-refractivity contribution in [2.75, 3.05) is 13.1 Å². The summed E-state index contributed by atoms with van der Waals surface area (Å²) in [6, 6.07) is 0. The summed E-state index contributed by atoms with van der Waals surface area (Å²) in [6.45, 7) is 6.19. The third-order valence-corrected chi connectivity index (χ3v) is 2.52. The van der Waals surface area contributed by atoms with Gasteiger partial charge in [-0.05, 0) is 20.3 Å². The Bertz CT molecular complexity index is 252. The second kappa shape index (κ2) is 6.48. The van der Waals surface area contributed by atoms with E-state index in [1.807, 2.05) is 13.8 Å². The van der Waals surface area contributed by atoms with Crippen molar-refractivity contribution >= 4 is 11.9 Å². The van der Waals surface area contributed by atoms with Gasteiger partial charge in [0, 0.05) is 13.1 Å². The summed E-state index contributed by atoms with van der Waals surface area (Å²) in [5.74, 6) is -1.07. The van der Waals surface area contributed by atoms with Gasteiger partial charge >= 0.3 is 5.97 Å². The highest BCUT2D eigenvalue weighted by Gasteiger charge is 2.31. The summed E-state index contributed by atoms with van der Waals surface area (Å²) in [7, 11) is 0. The van der Waals surface area contributed by atoms with Crippen LogP contribution in [0.2, 0.25) is 0 Å². The molecule has 0 radical (unpaired) electrons. The third-order valence-electron chi connectivity index (χ3n) is 2.52. The fourth-order valence-electron chi connectivity index (χ4n) is 1.62. The van der Waals surface area contributed by atoms with Gasteiger partial charge in [0.15, 0.2) is 0 Å². The van der Waals surface area contributed by atoms with Crippen LogP contribution in [0.5, 0.6) is 0 Å². The van der Waals surface area contributed by atoms with E-state index in [2.05, 4.69) is 0 Å². The molecule has 0 aliphatic rings. The summed E-state index contributed by atoms with van der Waals surface area (Å²) in [6.07, 6.45) is 1.40. The summed E-state index contributed by atoms with van der Waals surface area (Å²) in [4.78, 5) is 24.0. The molecule has 0 aliphatic heterocycles. The molecule has 0 aromatic carbocycles. The van der Waals surface area contributed by atoms with Crippen LogP contribution in [0.4, 0.5) is 0 Å². The second-order valence-corrected chi connectivity index (χ2v) is 4.20. The molecular formula is C11H22N2O3. The molecule has 0 heterocycles. The van der Waals surface area contributed by atoms with E-state index in [4.69, 9.17) is 10.8 Å². The molecule has 0 bridgehead atoms. The van der Waals surface area contributed by atoms with Gasteiger partial charge in [-0.3, -0.25) is 9.59 Å². The lowest BCUT2D eigenvalue weighted by molar-refractivity contribution is -0.140. The van der Waals surface area contributed by atoms with Crippen molar-refractivity contribution in [3.8, 4) is 0 Å². The van der Waals surface area contributed by atoms with Gasteiger partial charge in [0.25, 0.3) is 0 Å². The van der Waals surface area contributed by atoms with E-state index < -0.39 is 11.5 Å². The van der Waals surface area contributed by atoms with Crippen LogP contribution in [-0.2, 0) is 9.59 Å². The number of hydrogen-bond acceptors (Lipinski definition) is 3. The van der Waals surface area contributed by atoms with E-state index >= 15 is 0 Å². The number of likely N-dealkylation sites (N-methyl/N-ethyl adjacent to an activating group) is 1. The van der Waals surface area contributed by atoms with Crippen LogP contribution in [0.25, 0.3) is 0 Å². The Balaban J connectivity index is 4.45. The zero-order valence-electron chi connectivity index (χ0n) is 10.3. The molecule has 0 aliphatic carbocycles. The number of nitrogens with zero attached hydrogens (tertiary/aromatic N) is 1. The number of carbonyl (C=O) groups excluding carboxylic acids is 1. The lowest BCUT2D eigenvalue weighted by Crippen LogP contribution is -2.53. The normalized spacial score (nSPS) is 14.2. The fourth-order valence-corrected chi connectivity index (χ4v) is 1.62. The van der Waals surface area contributed by atoms with E-state index in [1.54, 1.807) is 6.92 Å². The summed E-state index contributed by atoms with van der Waals surface area (Å²) >= 11 is 0. The summed E-state index contributed by atoms with van der Waals surface area (Å²) in [5.41, 5.74) is 5.03. The number of carboxylic acids is 1. The van der Waals surface area contributed by atoms with E-state index in [-0.39, 0.29) is 18.9 Å². The topological polar surface area (TPSA) is 83.6 Å². The number of carbonyl (C=O) groups is 2. The third kappa shape index (κ3) is 4.61. The largest absolute Gasteiger partial charge is 0.481 e. The predicted molar refractivity (Wildman–Crippen MR) is 62.0 cm³/mol. The zero-order valence-corrected chi connectivity index (χ0v) is 10.3. The Hall–Kier alpha value is -1.10. The van der Waals surface area contributed by atoms with Crippen molar-refractivity contribution < 1.29 is 14.7 Å². The minimum atomic E-state index is -0.902. The smallest absolute Gasteiger partial charge is 0.305 e.